The van der Waals surface area contributed by atoms with E-state index in [4.69, 9.17) is 16.7 Å². The summed E-state index contributed by atoms with van der Waals surface area (Å²) in [5.41, 5.74) is 10.9. The van der Waals surface area contributed by atoms with E-state index in [9.17, 15) is 34.4 Å². The second kappa shape index (κ2) is 13.6. The second-order valence-corrected chi connectivity index (χ2v) is 13.2. The van der Waals surface area contributed by atoms with Gasteiger partial charge in [-0.3, -0.25) is 13.3 Å². The van der Waals surface area contributed by atoms with Crippen molar-refractivity contribution >= 4 is 76.5 Å². The smallest absolute Gasteiger partial charge is 0.296 e. The number of anilines is 2. The highest BCUT2D eigenvalue weighted by Crippen LogP contribution is 2.37. The number of nitrogens with two attached hydrogens (primary N) is 2. The number of nitrogens with zero attached hydrogens (tertiary/aromatic N) is 4. The molecule has 226 valence electrons. The molecule has 22 heteroatoms. The molecule has 0 radical (unpaired) electrons. The van der Waals surface area contributed by atoms with E-state index in [1.807, 2.05) is 0 Å². The van der Waals surface area contributed by atoms with Crippen molar-refractivity contribution in [3.8, 4) is 0 Å². The Morgan fingerprint density at radius 1 is 0.714 bits per heavy atom. The predicted molar refractivity (Wildman–Crippen MR) is 147 cm³/mol. The normalized spacial score (nSPS) is 12.8. The molecular formula is C20H20N6O12S4. The molecule has 18 nitrogen and oxygen atoms in total. The van der Waals surface area contributed by atoms with Crippen LogP contribution >= 0.6 is 12.3 Å². The number of hydrogen-bond donors (Lipinski definition) is 5. The van der Waals surface area contributed by atoms with Crippen LogP contribution < -0.4 is 11.5 Å². The van der Waals surface area contributed by atoms with Gasteiger partial charge < -0.3 is 11.5 Å². The molecular weight excluding hydrogens is 645 g/mol. The third-order valence-electron chi connectivity index (χ3n) is 4.96. The van der Waals surface area contributed by atoms with Crippen molar-refractivity contribution in [3.63, 3.8) is 0 Å². The molecule has 0 unspecified atom stereocenters. The maximum absolute atomic E-state index is 12.6. The van der Waals surface area contributed by atoms with Gasteiger partial charge in [0.25, 0.3) is 20.2 Å². The maximum Gasteiger partial charge on any atom is 0.296 e. The van der Waals surface area contributed by atoms with E-state index < -0.39 is 62.8 Å². The zero-order chi connectivity index (χ0) is 31.1. The van der Waals surface area contributed by atoms with Gasteiger partial charge in [0.1, 0.15) is 32.5 Å². The first-order valence-electron chi connectivity index (χ1n) is 10.8. The van der Waals surface area contributed by atoms with E-state index in [1.165, 1.54) is 30.3 Å². The molecule has 0 aliphatic carbocycles. The van der Waals surface area contributed by atoms with Crippen LogP contribution in [0.25, 0.3) is 0 Å². The molecule has 7 N–H and O–H groups in total. The number of nitrogen functional groups attached to an aromatic ring is 2. The van der Waals surface area contributed by atoms with Gasteiger partial charge >= 0.3 is 0 Å². The summed E-state index contributed by atoms with van der Waals surface area (Å²) in [5, 5.41) is 26.6. The van der Waals surface area contributed by atoms with Gasteiger partial charge in [-0.1, -0.05) is 17.2 Å². The third-order valence-corrected chi connectivity index (χ3v) is 8.80. The van der Waals surface area contributed by atoms with E-state index in [0.717, 1.165) is 18.2 Å². The molecule has 3 aromatic carbocycles. The summed E-state index contributed by atoms with van der Waals surface area (Å²) in [5.74, 6) is -0.644. The largest absolute Gasteiger partial charge is 0.397 e. The highest BCUT2D eigenvalue weighted by Gasteiger charge is 2.22. The van der Waals surface area contributed by atoms with Crippen LogP contribution in [0.3, 0.4) is 0 Å². The Balaban J connectivity index is 1.94. The van der Waals surface area contributed by atoms with Crippen LogP contribution in [0, 0.1) is 0 Å². The second-order valence-electron chi connectivity index (χ2n) is 7.77. The molecule has 0 aromatic heterocycles. The first-order chi connectivity index (χ1) is 19.6. The lowest BCUT2D eigenvalue weighted by molar-refractivity contribution is -0.434. The van der Waals surface area contributed by atoms with Gasteiger partial charge in [-0.25, -0.2) is 13.7 Å². The fourth-order valence-electron chi connectivity index (χ4n) is 3.06. The molecule has 0 spiro atoms. The van der Waals surface area contributed by atoms with Gasteiger partial charge in [0, 0.05) is 0 Å². The summed E-state index contributed by atoms with van der Waals surface area (Å²) in [6, 6.07) is 10.2. The van der Waals surface area contributed by atoms with Crippen LogP contribution in [0.15, 0.2) is 89.7 Å². The summed E-state index contributed by atoms with van der Waals surface area (Å²) in [6.45, 7) is -0.448. The van der Waals surface area contributed by atoms with Gasteiger partial charge in [-0.05, 0) is 42.5 Å². The Kier molecular flexibility index (Phi) is 10.7. The Morgan fingerprint density at radius 2 is 1.26 bits per heavy atom. The van der Waals surface area contributed by atoms with Crippen LogP contribution in [-0.4, -0.2) is 52.0 Å². The van der Waals surface area contributed by atoms with Crippen LogP contribution in [0.5, 0.6) is 0 Å². The van der Waals surface area contributed by atoms with Crippen molar-refractivity contribution in [2.75, 3.05) is 23.8 Å². The minimum atomic E-state index is -5.01. The number of sulfone groups is 1. The first-order valence-corrected chi connectivity index (χ1v) is 16.0. The molecule has 42 heavy (non-hydrogen) atoms. The molecule has 0 amide bonds. The average molecular weight is 665 g/mol. The molecule has 0 aliphatic heterocycles. The van der Waals surface area contributed by atoms with Gasteiger partial charge in [0.2, 0.25) is 0 Å². The summed E-state index contributed by atoms with van der Waals surface area (Å²) in [6.07, 6.45) is 0. The molecule has 0 saturated carbocycles. The molecule has 0 heterocycles. The van der Waals surface area contributed by atoms with Gasteiger partial charge in [0.15, 0.2) is 22.2 Å². The van der Waals surface area contributed by atoms with Crippen molar-refractivity contribution in [1.29, 1.82) is 0 Å². The highest BCUT2D eigenvalue weighted by atomic mass is 32.2. The van der Waals surface area contributed by atoms with Crippen LogP contribution in [0.2, 0.25) is 0 Å². The lowest BCUT2D eigenvalue weighted by atomic mass is 10.2. The van der Waals surface area contributed by atoms with Crippen molar-refractivity contribution in [1.82, 2.24) is 0 Å². The van der Waals surface area contributed by atoms with E-state index in [1.54, 1.807) is 0 Å². The number of rotatable bonds is 13. The Morgan fingerprint density at radius 3 is 1.83 bits per heavy atom. The average Bonchev–Trinajstić information content (AvgIpc) is 2.91. The van der Waals surface area contributed by atoms with E-state index in [2.05, 4.69) is 34.0 Å². The summed E-state index contributed by atoms with van der Waals surface area (Å²) >= 11 is 0.145. The third kappa shape index (κ3) is 8.71. The predicted octanol–water partition coefficient (Wildman–Crippen LogP) is 3.95. The topological polar surface area (TPSA) is 292 Å². The molecule has 0 atom stereocenters. The quantitative estimate of drug-likeness (QED) is 0.0328. The van der Waals surface area contributed by atoms with Crippen LogP contribution in [0.4, 0.5) is 34.1 Å². The minimum absolute atomic E-state index is 0.00875. The molecule has 0 fully saturated rings. The SMILES string of the molecule is Nc1cc(N)c(N=Nc2ccc(S(=O)(=O)CCOSOOO)cc2S(=O)(=O)O)cc1N=Nc1ccccc1S(=O)(=O)O. The van der Waals surface area contributed by atoms with E-state index in [0.29, 0.717) is 6.07 Å². The first kappa shape index (κ1) is 32.9. The molecule has 0 bridgehead atoms. The van der Waals surface area contributed by atoms with Crippen LogP contribution in [-0.2, 0) is 43.6 Å². The maximum atomic E-state index is 12.6. The van der Waals surface area contributed by atoms with Crippen molar-refractivity contribution in [3.05, 3.63) is 54.6 Å². The minimum Gasteiger partial charge on any atom is -0.397 e. The van der Waals surface area contributed by atoms with Gasteiger partial charge in [-0.15, -0.1) is 24.8 Å². The summed E-state index contributed by atoms with van der Waals surface area (Å²) < 4.78 is 100.0. The zero-order valence-corrected chi connectivity index (χ0v) is 24.0. The van der Waals surface area contributed by atoms with Crippen molar-refractivity contribution in [2.24, 2.45) is 20.5 Å². The summed E-state index contributed by atoms with van der Waals surface area (Å²) in [4.78, 5) is -1.90. The Hall–Kier alpha value is -3.58. The molecule has 0 saturated heterocycles. The lowest BCUT2D eigenvalue weighted by Gasteiger charge is -2.08. The summed E-state index contributed by atoms with van der Waals surface area (Å²) in [7, 11) is -13.7. The lowest BCUT2D eigenvalue weighted by Crippen LogP contribution is -2.12. The zero-order valence-electron chi connectivity index (χ0n) is 20.7. The fourth-order valence-corrected chi connectivity index (χ4v) is 5.84. The number of benzene rings is 3. The standard InChI is InChI=1S/C20H20N6O12S4/c21-13-10-14(22)18(11-17(13)25-23-15-3-1-2-4-19(15)41(30,31)32)26-24-16-6-5-12(9-20(16)42(33,34)35)40(28,29)8-7-36-39-38-37-27/h1-6,9-11,27H,7-8,21-22H2,(H,30,31,32)(H,33,34,35). The Bertz CT molecular complexity index is 1850. The molecule has 0 aliphatic rings. The van der Waals surface area contributed by atoms with Crippen molar-refractivity contribution in [2.45, 2.75) is 14.7 Å². The Labute approximate surface area is 242 Å². The highest BCUT2D eigenvalue weighted by molar-refractivity contribution is 7.91. The fraction of sp³-hybridized carbons (Fsp3) is 0.100. The van der Waals surface area contributed by atoms with Crippen molar-refractivity contribution < 1.29 is 53.2 Å². The molecule has 3 rings (SSSR count). The molecule has 3 aromatic rings. The van der Waals surface area contributed by atoms with E-state index >= 15 is 0 Å². The monoisotopic (exact) mass is 664 g/mol. The number of hydrogen-bond acceptors (Lipinski definition) is 17. The van der Waals surface area contributed by atoms with Gasteiger partial charge in [0.05, 0.1) is 28.6 Å². The van der Waals surface area contributed by atoms with E-state index in [-0.39, 0.29) is 40.8 Å². The van der Waals surface area contributed by atoms with Gasteiger partial charge in [-0.2, -0.15) is 16.8 Å². The van der Waals surface area contributed by atoms with Crippen LogP contribution in [0.1, 0.15) is 0 Å². The number of azo groups is 2.